The lowest BCUT2D eigenvalue weighted by molar-refractivity contribution is 0.867. The van der Waals surface area contributed by atoms with Crippen molar-refractivity contribution in [3.8, 4) is 0 Å². The van der Waals surface area contributed by atoms with Crippen LogP contribution in [0.3, 0.4) is 0 Å². The molecule has 0 bridgehead atoms. The van der Waals surface area contributed by atoms with Gasteiger partial charge in [0.05, 0.1) is 6.04 Å². The molecule has 84 valence electrons. The summed E-state index contributed by atoms with van der Waals surface area (Å²) in [6, 6.07) is 6.72. The van der Waals surface area contributed by atoms with Crippen molar-refractivity contribution < 1.29 is 0 Å². The summed E-state index contributed by atoms with van der Waals surface area (Å²) < 4.78 is 0. The number of thiazole rings is 1. The maximum atomic E-state index is 4.32. The first-order valence-corrected chi connectivity index (χ1v) is 6.28. The number of hydrogen-bond acceptors (Lipinski definition) is 3. The van der Waals surface area contributed by atoms with E-state index in [0.717, 1.165) is 5.01 Å². The van der Waals surface area contributed by atoms with Gasteiger partial charge in [-0.05, 0) is 38.0 Å². The van der Waals surface area contributed by atoms with Crippen molar-refractivity contribution in [1.82, 2.24) is 4.98 Å². The van der Waals surface area contributed by atoms with E-state index in [9.17, 15) is 0 Å². The Labute approximate surface area is 100 Å². The van der Waals surface area contributed by atoms with Gasteiger partial charge in [-0.1, -0.05) is 12.1 Å². The summed E-state index contributed by atoms with van der Waals surface area (Å²) >= 11 is 1.69. The van der Waals surface area contributed by atoms with E-state index < -0.39 is 0 Å². The Bertz CT molecular complexity index is 463. The number of hydrogen-bond donors (Lipinski definition) is 1. The molecule has 1 unspecified atom stereocenters. The van der Waals surface area contributed by atoms with Gasteiger partial charge in [-0.3, -0.25) is 0 Å². The molecule has 1 heterocycles. The van der Waals surface area contributed by atoms with Crippen LogP contribution in [0.4, 0.5) is 5.69 Å². The first kappa shape index (κ1) is 11.1. The molecular formula is C13H16N2S. The quantitative estimate of drug-likeness (QED) is 0.867. The topological polar surface area (TPSA) is 24.9 Å². The Kier molecular flexibility index (Phi) is 3.25. The fourth-order valence-corrected chi connectivity index (χ4v) is 2.28. The molecule has 1 aromatic carbocycles. The second-order valence-electron chi connectivity index (χ2n) is 4.05. The van der Waals surface area contributed by atoms with Crippen LogP contribution in [0.1, 0.15) is 29.1 Å². The highest BCUT2D eigenvalue weighted by Crippen LogP contribution is 2.24. The molecule has 0 aliphatic carbocycles. The molecule has 2 rings (SSSR count). The van der Waals surface area contributed by atoms with Crippen molar-refractivity contribution in [1.29, 1.82) is 0 Å². The molecule has 1 aromatic heterocycles. The Morgan fingerprint density at radius 1 is 1.31 bits per heavy atom. The lowest BCUT2D eigenvalue weighted by atomic mass is 10.1. The van der Waals surface area contributed by atoms with Crippen molar-refractivity contribution in [3.05, 3.63) is 45.9 Å². The minimum Gasteiger partial charge on any atom is -0.376 e. The molecule has 0 amide bonds. The second-order valence-corrected chi connectivity index (χ2v) is 4.98. The highest BCUT2D eigenvalue weighted by molar-refractivity contribution is 7.09. The Morgan fingerprint density at radius 2 is 2.12 bits per heavy atom. The predicted molar refractivity (Wildman–Crippen MR) is 70.1 cm³/mol. The third-order valence-electron chi connectivity index (χ3n) is 2.59. The third kappa shape index (κ3) is 2.42. The molecule has 0 saturated heterocycles. The van der Waals surface area contributed by atoms with Crippen molar-refractivity contribution in [2.75, 3.05) is 5.32 Å². The number of nitrogens with one attached hydrogen (secondary N) is 1. The molecule has 0 aliphatic rings. The predicted octanol–water partition coefficient (Wildman–Crippen LogP) is 3.93. The first-order valence-electron chi connectivity index (χ1n) is 5.40. The zero-order valence-electron chi connectivity index (χ0n) is 9.82. The molecule has 2 nitrogen and oxygen atoms in total. The van der Waals surface area contributed by atoms with Gasteiger partial charge in [-0.2, -0.15) is 0 Å². The summed E-state index contributed by atoms with van der Waals surface area (Å²) in [5, 5.41) is 6.64. The fourth-order valence-electron chi connectivity index (χ4n) is 1.63. The van der Waals surface area contributed by atoms with Crippen molar-refractivity contribution in [2.24, 2.45) is 0 Å². The monoisotopic (exact) mass is 232 g/mol. The van der Waals surface area contributed by atoms with Crippen LogP contribution in [0.25, 0.3) is 0 Å². The zero-order chi connectivity index (χ0) is 11.5. The van der Waals surface area contributed by atoms with E-state index >= 15 is 0 Å². The van der Waals surface area contributed by atoms with Gasteiger partial charge in [-0.15, -0.1) is 11.3 Å². The van der Waals surface area contributed by atoms with Crippen LogP contribution in [-0.2, 0) is 0 Å². The molecule has 0 saturated carbocycles. The number of anilines is 1. The molecule has 1 atom stereocenters. The second kappa shape index (κ2) is 4.66. The van der Waals surface area contributed by atoms with Crippen LogP contribution in [-0.4, -0.2) is 4.98 Å². The largest absolute Gasteiger partial charge is 0.376 e. The molecule has 16 heavy (non-hydrogen) atoms. The van der Waals surface area contributed by atoms with E-state index in [1.807, 2.05) is 11.6 Å². The number of aromatic nitrogens is 1. The van der Waals surface area contributed by atoms with Crippen molar-refractivity contribution >= 4 is 17.0 Å². The zero-order valence-corrected chi connectivity index (χ0v) is 10.6. The van der Waals surface area contributed by atoms with Crippen LogP contribution in [0.5, 0.6) is 0 Å². The van der Waals surface area contributed by atoms with Crippen LogP contribution in [0.2, 0.25) is 0 Å². The van der Waals surface area contributed by atoms with Crippen LogP contribution in [0.15, 0.2) is 29.8 Å². The van der Waals surface area contributed by atoms with Gasteiger partial charge in [0.25, 0.3) is 0 Å². The smallest absolute Gasteiger partial charge is 0.115 e. The van der Waals surface area contributed by atoms with Gasteiger partial charge < -0.3 is 5.32 Å². The van der Waals surface area contributed by atoms with E-state index in [1.165, 1.54) is 16.8 Å². The lowest BCUT2D eigenvalue weighted by Crippen LogP contribution is -2.07. The minimum atomic E-state index is 0.264. The Balaban J connectivity index is 2.17. The average molecular weight is 232 g/mol. The molecule has 0 fully saturated rings. The summed E-state index contributed by atoms with van der Waals surface area (Å²) in [6.45, 7) is 6.37. The molecule has 0 spiro atoms. The minimum absolute atomic E-state index is 0.264. The highest BCUT2D eigenvalue weighted by atomic mass is 32.1. The summed E-state index contributed by atoms with van der Waals surface area (Å²) in [6.07, 6.45) is 1.85. The van der Waals surface area contributed by atoms with Crippen molar-refractivity contribution in [2.45, 2.75) is 26.8 Å². The molecule has 0 radical (unpaired) electrons. The van der Waals surface area contributed by atoms with E-state index in [1.54, 1.807) is 11.3 Å². The molecule has 2 aromatic rings. The van der Waals surface area contributed by atoms with Gasteiger partial charge in [0, 0.05) is 17.3 Å². The number of benzene rings is 1. The highest BCUT2D eigenvalue weighted by Gasteiger charge is 2.08. The van der Waals surface area contributed by atoms with Crippen LogP contribution < -0.4 is 5.32 Å². The SMILES string of the molecule is Cc1ccc(C)c(NC(C)c2nccs2)c1. The van der Waals surface area contributed by atoms with Gasteiger partial charge in [0.15, 0.2) is 0 Å². The van der Waals surface area contributed by atoms with Gasteiger partial charge >= 0.3 is 0 Å². The normalized spacial score (nSPS) is 12.4. The maximum absolute atomic E-state index is 4.32. The number of rotatable bonds is 3. The fraction of sp³-hybridized carbons (Fsp3) is 0.308. The molecule has 3 heteroatoms. The van der Waals surface area contributed by atoms with E-state index in [4.69, 9.17) is 0 Å². The average Bonchev–Trinajstić information content (AvgIpc) is 2.76. The van der Waals surface area contributed by atoms with Crippen LogP contribution >= 0.6 is 11.3 Å². The number of nitrogens with zero attached hydrogens (tertiary/aromatic N) is 1. The van der Waals surface area contributed by atoms with E-state index in [-0.39, 0.29) is 6.04 Å². The molecule has 1 N–H and O–H groups in total. The third-order valence-corrected chi connectivity index (χ3v) is 3.55. The van der Waals surface area contributed by atoms with Gasteiger partial charge in [0.1, 0.15) is 5.01 Å². The summed E-state index contributed by atoms with van der Waals surface area (Å²) in [5.41, 5.74) is 3.75. The molecule has 0 aliphatic heterocycles. The Hall–Kier alpha value is -1.35. The standard InChI is InChI=1S/C13H16N2S/c1-9-4-5-10(2)12(8-9)15-11(3)13-14-6-7-16-13/h4-8,11,15H,1-3H3. The number of aryl methyl sites for hydroxylation is 2. The molecular weight excluding hydrogens is 216 g/mol. The summed E-state index contributed by atoms with van der Waals surface area (Å²) in [5.74, 6) is 0. The maximum Gasteiger partial charge on any atom is 0.115 e. The summed E-state index contributed by atoms with van der Waals surface area (Å²) in [7, 11) is 0. The van der Waals surface area contributed by atoms with Crippen molar-refractivity contribution in [3.63, 3.8) is 0 Å². The van der Waals surface area contributed by atoms with E-state index in [0.29, 0.717) is 0 Å². The summed E-state index contributed by atoms with van der Waals surface area (Å²) in [4.78, 5) is 4.32. The van der Waals surface area contributed by atoms with Gasteiger partial charge in [-0.25, -0.2) is 4.98 Å². The van der Waals surface area contributed by atoms with E-state index in [2.05, 4.69) is 49.3 Å². The van der Waals surface area contributed by atoms with Crippen LogP contribution in [0, 0.1) is 13.8 Å². The Morgan fingerprint density at radius 3 is 2.81 bits per heavy atom. The van der Waals surface area contributed by atoms with Gasteiger partial charge in [0.2, 0.25) is 0 Å². The lowest BCUT2D eigenvalue weighted by Gasteiger charge is -2.15. The first-order chi connectivity index (χ1) is 7.66.